The molecule has 0 N–H and O–H groups in total. The van der Waals surface area contributed by atoms with Gasteiger partial charge in [0.1, 0.15) is 12.5 Å². The van der Waals surface area contributed by atoms with Gasteiger partial charge in [-0.2, -0.15) is 0 Å². The van der Waals surface area contributed by atoms with E-state index in [4.69, 9.17) is 0 Å². The summed E-state index contributed by atoms with van der Waals surface area (Å²) in [6, 6.07) is 15.7. The SMILES string of the molecule is CCC1=[N+](C)[C@@H](C)CC1(c1ccccc1)c1cccnc1. The summed E-state index contributed by atoms with van der Waals surface area (Å²) in [4.78, 5) is 4.39. The van der Waals surface area contributed by atoms with Gasteiger partial charge in [-0.1, -0.05) is 43.3 Å². The van der Waals surface area contributed by atoms with Crippen LogP contribution in [-0.4, -0.2) is 28.4 Å². The van der Waals surface area contributed by atoms with Crippen molar-refractivity contribution < 1.29 is 4.58 Å². The minimum absolute atomic E-state index is 0.0293. The van der Waals surface area contributed by atoms with Gasteiger partial charge in [0.2, 0.25) is 0 Å². The van der Waals surface area contributed by atoms with Crippen LogP contribution in [0.2, 0.25) is 0 Å². The Balaban J connectivity index is 2.28. The molecule has 0 aliphatic carbocycles. The first-order chi connectivity index (χ1) is 10.2. The van der Waals surface area contributed by atoms with Crippen LogP contribution in [0.5, 0.6) is 0 Å². The van der Waals surface area contributed by atoms with Gasteiger partial charge in [-0.25, -0.2) is 4.58 Å². The van der Waals surface area contributed by atoms with E-state index in [2.05, 4.69) is 72.9 Å². The second-order valence-electron chi connectivity index (χ2n) is 5.98. The molecular formula is C19H23N2+. The zero-order valence-corrected chi connectivity index (χ0v) is 13.1. The Morgan fingerprint density at radius 1 is 1.14 bits per heavy atom. The van der Waals surface area contributed by atoms with Crippen molar-refractivity contribution in [3.63, 3.8) is 0 Å². The molecule has 0 saturated carbocycles. The van der Waals surface area contributed by atoms with Crippen LogP contribution in [0.4, 0.5) is 0 Å². The Morgan fingerprint density at radius 2 is 1.86 bits per heavy atom. The van der Waals surface area contributed by atoms with Gasteiger partial charge in [0.25, 0.3) is 0 Å². The van der Waals surface area contributed by atoms with E-state index in [0.29, 0.717) is 6.04 Å². The zero-order chi connectivity index (χ0) is 14.9. The first-order valence-corrected chi connectivity index (χ1v) is 7.75. The molecule has 0 fully saturated rings. The molecular weight excluding hydrogens is 256 g/mol. The third-order valence-electron chi connectivity index (χ3n) is 4.94. The van der Waals surface area contributed by atoms with Crippen LogP contribution in [0.3, 0.4) is 0 Å². The van der Waals surface area contributed by atoms with Crippen molar-refractivity contribution in [1.82, 2.24) is 4.98 Å². The van der Waals surface area contributed by atoms with Crippen LogP contribution in [0, 0.1) is 0 Å². The molecule has 1 aromatic heterocycles. The normalized spacial score (nSPS) is 25.4. The fourth-order valence-electron chi connectivity index (χ4n) is 3.89. The van der Waals surface area contributed by atoms with Gasteiger partial charge < -0.3 is 0 Å². The summed E-state index contributed by atoms with van der Waals surface area (Å²) in [5.74, 6) is 0. The molecule has 0 saturated heterocycles. The van der Waals surface area contributed by atoms with Crippen LogP contribution in [0.15, 0.2) is 54.9 Å². The van der Waals surface area contributed by atoms with E-state index in [0.717, 1.165) is 12.8 Å². The summed E-state index contributed by atoms with van der Waals surface area (Å²) in [7, 11) is 2.23. The maximum atomic E-state index is 4.39. The third-order valence-corrected chi connectivity index (χ3v) is 4.94. The molecule has 0 radical (unpaired) electrons. The smallest absolute Gasteiger partial charge is 0.167 e. The highest BCUT2D eigenvalue weighted by Crippen LogP contribution is 2.42. The average molecular weight is 279 g/mol. The summed E-state index contributed by atoms with van der Waals surface area (Å²) in [5, 5.41) is 0. The topological polar surface area (TPSA) is 15.9 Å². The zero-order valence-electron chi connectivity index (χ0n) is 13.1. The summed E-state index contributed by atoms with van der Waals surface area (Å²) in [5.41, 5.74) is 4.16. The monoisotopic (exact) mass is 279 g/mol. The Bertz CT molecular complexity index is 604. The summed E-state index contributed by atoms with van der Waals surface area (Å²) >= 11 is 0. The van der Waals surface area contributed by atoms with Crippen LogP contribution >= 0.6 is 0 Å². The second kappa shape index (κ2) is 5.44. The van der Waals surface area contributed by atoms with E-state index >= 15 is 0 Å². The highest BCUT2D eigenvalue weighted by atomic mass is 15.1. The molecule has 2 aromatic rings. The molecule has 2 atom stereocenters. The van der Waals surface area contributed by atoms with Crippen LogP contribution in [0.1, 0.15) is 37.8 Å². The molecule has 0 spiro atoms. The lowest BCUT2D eigenvalue weighted by Gasteiger charge is -2.28. The predicted molar refractivity (Wildman–Crippen MR) is 87.0 cm³/mol. The van der Waals surface area contributed by atoms with Crippen molar-refractivity contribution in [3.05, 3.63) is 66.0 Å². The Hall–Kier alpha value is -1.96. The fourth-order valence-corrected chi connectivity index (χ4v) is 3.89. The van der Waals surface area contributed by atoms with Crippen molar-refractivity contribution >= 4 is 5.71 Å². The van der Waals surface area contributed by atoms with Gasteiger partial charge in [0, 0.05) is 25.2 Å². The van der Waals surface area contributed by atoms with Gasteiger partial charge in [0.05, 0.1) is 0 Å². The van der Waals surface area contributed by atoms with Crippen LogP contribution in [0.25, 0.3) is 0 Å². The highest BCUT2D eigenvalue weighted by molar-refractivity contribution is 5.95. The molecule has 1 aliphatic heterocycles. The lowest BCUT2D eigenvalue weighted by Crippen LogP contribution is -2.35. The quantitative estimate of drug-likeness (QED) is 0.783. The third kappa shape index (κ3) is 2.10. The Labute approximate surface area is 127 Å². The van der Waals surface area contributed by atoms with Crippen LogP contribution < -0.4 is 0 Å². The minimum Gasteiger partial charge on any atom is -0.264 e. The van der Waals surface area contributed by atoms with Gasteiger partial charge >= 0.3 is 0 Å². The number of hydrogen-bond acceptors (Lipinski definition) is 1. The molecule has 1 unspecified atom stereocenters. The minimum atomic E-state index is -0.0293. The van der Waals surface area contributed by atoms with Gasteiger partial charge in [0.15, 0.2) is 11.8 Å². The van der Waals surface area contributed by atoms with E-state index in [1.807, 2.05) is 12.4 Å². The van der Waals surface area contributed by atoms with E-state index in [1.165, 1.54) is 16.8 Å². The van der Waals surface area contributed by atoms with Crippen LogP contribution in [-0.2, 0) is 5.41 Å². The fraction of sp³-hybridized carbons (Fsp3) is 0.368. The molecule has 2 heterocycles. The molecule has 3 rings (SSSR count). The lowest BCUT2D eigenvalue weighted by atomic mass is 9.69. The van der Waals surface area contributed by atoms with Crippen molar-refractivity contribution in [2.45, 2.75) is 38.1 Å². The lowest BCUT2D eigenvalue weighted by molar-refractivity contribution is -0.526. The molecule has 108 valence electrons. The van der Waals surface area contributed by atoms with Crippen molar-refractivity contribution in [2.75, 3.05) is 7.05 Å². The summed E-state index contributed by atoms with van der Waals surface area (Å²) in [6.45, 7) is 4.58. The van der Waals surface area contributed by atoms with Gasteiger partial charge in [-0.3, -0.25) is 4.98 Å². The summed E-state index contributed by atoms with van der Waals surface area (Å²) in [6.07, 6.45) is 6.07. The van der Waals surface area contributed by atoms with Crippen molar-refractivity contribution in [2.24, 2.45) is 0 Å². The van der Waals surface area contributed by atoms with E-state index in [-0.39, 0.29) is 5.41 Å². The van der Waals surface area contributed by atoms with E-state index < -0.39 is 0 Å². The highest BCUT2D eigenvalue weighted by Gasteiger charge is 2.51. The maximum absolute atomic E-state index is 4.39. The number of nitrogens with zero attached hydrogens (tertiary/aromatic N) is 2. The number of aromatic nitrogens is 1. The largest absolute Gasteiger partial charge is 0.264 e. The number of benzene rings is 1. The molecule has 0 bridgehead atoms. The molecule has 2 nitrogen and oxygen atoms in total. The summed E-state index contributed by atoms with van der Waals surface area (Å²) < 4.78 is 2.46. The molecule has 21 heavy (non-hydrogen) atoms. The van der Waals surface area contributed by atoms with E-state index in [9.17, 15) is 0 Å². The number of pyridine rings is 1. The average Bonchev–Trinajstić information content (AvgIpc) is 2.81. The van der Waals surface area contributed by atoms with E-state index in [1.54, 1.807) is 0 Å². The van der Waals surface area contributed by atoms with Crippen molar-refractivity contribution in [1.29, 1.82) is 0 Å². The Kier molecular flexibility index (Phi) is 3.62. The second-order valence-corrected chi connectivity index (χ2v) is 5.98. The van der Waals surface area contributed by atoms with Gasteiger partial charge in [-0.05, 0) is 24.1 Å². The molecule has 0 amide bonds. The maximum Gasteiger partial charge on any atom is 0.167 e. The molecule has 1 aliphatic rings. The standard InChI is InChI=1S/C19H23N2/c1-4-18-19(13-15(2)21(18)3,16-9-6-5-7-10-16)17-11-8-12-20-14-17/h5-12,14-15H,4,13H2,1-3H3/q+1/t15-,19?/m0/s1. The first kappa shape index (κ1) is 14.0. The Morgan fingerprint density at radius 3 is 2.48 bits per heavy atom. The first-order valence-electron chi connectivity index (χ1n) is 7.75. The number of hydrogen-bond donors (Lipinski definition) is 0. The molecule has 2 heteroatoms. The number of rotatable bonds is 3. The van der Waals surface area contributed by atoms with Crippen molar-refractivity contribution in [3.8, 4) is 0 Å². The predicted octanol–water partition coefficient (Wildman–Crippen LogP) is 3.65. The molecule has 1 aromatic carbocycles. The van der Waals surface area contributed by atoms with Gasteiger partial charge in [-0.15, -0.1) is 0 Å².